The zero-order valence-corrected chi connectivity index (χ0v) is 25.8. The van der Waals surface area contributed by atoms with E-state index in [0.717, 1.165) is 57.2 Å². The molecule has 236 valence electrons. The molecule has 3 heterocycles. The zero-order chi connectivity index (χ0) is 30.8. The third-order valence-corrected chi connectivity index (χ3v) is 9.46. The summed E-state index contributed by atoms with van der Waals surface area (Å²) in [4.78, 5) is 52.2. The van der Waals surface area contributed by atoms with E-state index in [1.165, 1.54) is 0 Å². The van der Waals surface area contributed by atoms with E-state index in [-0.39, 0.29) is 42.0 Å². The minimum absolute atomic E-state index is 0.0225. The van der Waals surface area contributed by atoms with E-state index in [9.17, 15) is 14.4 Å². The lowest BCUT2D eigenvalue weighted by atomic mass is 10.0. The number of nitrogens with zero attached hydrogens (tertiary/aromatic N) is 4. The van der Waals surface area contributed by atoms with Crippen LogP contribution in [0, 0.1) is 0 Å². The third-order valence-electron chi connectivity index (χ3n) is 9.46. The second kappa shape index (κ2) is 13.0. The highest BCUT2D eigenvalue weighted by atomic mass is 16.5. The fourth-order valence-corrected chi connectivity index (χ4v) is 7.05. The Bertz CT molecular complexity index is 1390. The number of esters is 1. The number of nitrogens with one attached hydrogen (secondary N) is 3. The van der Waals surface area contributed by atoms with Gasteiger partial charge in [-0.2, -0.15) is 4.98 Å². The van der Waals surface area contributed by atoms with Crippen molar-refractivity contribution in [2.75, 3.05) is 35.8 Å². The van der Waals surface area contributed by atoms with Gasteiger partial charge in [-0.15, -0.1) is 0 Å². The van der Waals surface area contributed by atoms with Gasteiger partial charge in [-0.25, -0.2) is 4.98 Å². The molecule has 44 heavy (non-hydrogen) atoms. The first-order chi connectivity index (χ1) is 21.4. The van der Waals surface area contributed by atoms with Gasteiger partial charge in [0.2, 0.25) is 11.9 Å². The SMILES string of the molecule is CC[C@@H]1C(=O)N(C)c2cnc(Nc3ccc(C(=O)N[C@@H]4CN[C@H](C(=O)OC5CCCC5)C4)cc3OC)nc2N1C1CCCC1. The smallest absolute Gasteiger partial charge is 0.323 e. The summed E-state index contributed by atoms with van der Waals surface area (Å²) in [7, 11) is 3.33. The quantitative estimate of drug-likeness (QED) is 0.363. The number of amides is 2. The summed E-state index contributed by atoms with van der Waals surface area (Å²) in [6.45, 7) is 2.54. The number of carbonyl (C=O) groups excluding carboxylic acids is 3. The fraction of sp³-hybridized carbons (Fsp3) is 0.594. The Balaban J connectivity index is 1.14. The maximum absolute atomic E-state index is 13.2. The molecule has 1 aromatic heterocycles. The first-order valence-corrected chi connectivity index (χ1v) is 16.0. The molecule has 2 aliphatic heterocycles. The van der Waals surface area contributed by atoms with Crippen LogP contribution in [0.3, 0.4) is 0 Å². The summed E-state index contributed by atoms with van der Waals surface area (Å²) in [6.07, 6.45) is 11.3. The molecular weight excluding hydrogens is 562 g/mol. The number of hydrogen-bond donors (Lipinski definition) is 3. The average Bonchev–Trinajstić information content (AvgIpc) is 3.83. The summed E-state index contributed by atoms with van der Waals surface area (Å²) >= 11 is 0. The predicted molar refractivity (Wildman–Crippen MR) is 167 cm³/mol. The van der Waals surface area contributed by atoms with E-state index < -0.39 is 6.04 Å². The second-order valence-electron chi connectivity index (χ2n) is 12.3. The van der Waals surface area contributed by atoms with Crippen LogP contribution in [0.4, 0.5) is 23.1 Å². The van der Waals surface area contributed by atoms with Crippen molar-refractivity contribution in [1.82, 2.24) is 20.6 Å². The third kappa shape index (κ3) is 6.04. The van der Waals surface area contributed by atoms with Crippen LogP contribution < -0.4 is 30.5 Å². The Morgan fingerprint density at radius 3 is 2.59 bits per heavy atom. The molecule has 1 aromatic carbocycles. The molecule has 12 nitrogen and oxygen atoms in total. The van der Waals surface area contributed by atoms with Crippen molar-refractivity contribution in [2.24, 2.45) is 0 Å². The second-order valence-corrected chi connectivity index (χ2v) is 12.3. The molecule has 2 saturated carbocycles. The molecule has 0 bridgehead atoms. The number of aromatic nitrogens is 2. The summed E-state index contributed by atoms with van der Waals surface area (Å²) in [5.74, 6) is 1.20. The van der Waals surface area contributed by atoms with Gasteiger partial charge in [-0.3, -0.25) is 14.4 Å². The number of benzene rings is 1. The molecule has 3 fully saturated rings. The van der Waals surface area contributed by atoms with Crippen molar-refractivity contribution in [3.63, 3.8) is 0 Å². The maximum atomic E-state index is 13.2. The van der Waals surface area contributed by atoms with Crippen LogP contribution in [0.15, 0.2) is 24.4 Å². The van der Waals surface area contributed by atoms with E-state index in [1.54, 1.807) is 43.5 Å². The zero-order valence-electron chi connectivity index (χ0n) is 25.8. The largest absolute Gasteiger partial charge is 0.495 e. The Morgan fingerprint density at radius 2 is 1.86 bits per heavy atom. The monoisotopic (exact) mass is 605 g/mol. The van der Waals surface area contributed by atoms with Crippen LogP contribution in [0.25, 0.3) is 0 Å². The molecule has 2 aromatic rings. The number of hydrogen-bond acceptors (Lipinski definition) is 10. The van der Waals surface area contributed by atoms with Crippen molar-refractivity contribution in [3.05, 3.63) is 30.0 Å². The minimum Gasteiger partial charge on any atom is -0.495 e. The number of rotatable bonds is 9. The van der Waals surface area contributed by atoms with Crippen molar-refractivity contribution in [3.8, 4) is 5.75 Å². The maximum Gasteiger partial charge on any atom is 0.323 e. The standard InChI is InChI=1S/C32H43N7O5/c1-4-25-30(41)38(2)26-18-34-32(37-28(26)39(25)21-9-5-6-10-21)36-23-14-13-19(15-27(23)43-3)29(40)35-20-16-24(33-17-20)31(42)44-22-11-7-8-12-22/h13-15,18,20-22,24-25,33H,4-12,16-17H2,1-3H3,(H,35,40)(H,34,36,37)/t20-,24-,25+/m0/s1. The van der Waals surface area contributed by atoms with Gasteiger partial charge in [0.25, 0.3) is 5.91 Å². The molecule has 6 rings (SSSR count). The number of methoxy groups -OCH3 is 1. The average molecular weight is 606 g/mol. The fourth-order valence-electron chi connectivity index (χ4n) is 7.05. The molecule has 2 amide bonds. The highest BCUT2D eigenvalue weighted by Crippen LogP contribution is 2.40. The van der Waals surface area contributed by atoms with Gasteiger partial charge in [0.15, 0.2) is 5.82 Å². The topological polar surface area (TPSA) is 138 Å². The van der Waals surface area contributed by atoms with Gasteiger partial charge < -0.3 is 35.2 Å². The van der Waals surface area contributed by atoms with Crippen LogP contribution in [0.5, 0.6) is 5.75 Å². The van der Waals surface area contributed by atoms with Crippen molar-refractivity contribution < 1.29 is 23.9 Å². The number of fused-ring (bicyclic) bond motifs is 1. The molecule has 12 heteroatoms. The minimum atomic E-state index is -0.409. The van der Waals surface area contributed by atoms with E-state index in [4.69, 9.17) is 14.5 Å². The first kappa shape index (κ1) is 30.1. The lowest BCUT2D eigenvalue weighted by Gasteiger charge is -2.43. The Morgan fingerprint density at radius 1 is 1.11 bits per heavy atom. The number of anilines is 4. The first-order valence-electron chi connectivity index (χ1n) is 16.0. The van der Waals surface area contributed by atoms with Crippen molar-refractivity contribution >= 4 is 40.9 Å². The van der Waals surface area contributed by atoms with Gasteiger partial charge in [-0.1, -0.05) is 19.8 Å². The molecule has 1 saturated heterocycles. The van der Waals surface area contributed by atoms with Crippen LogP contribution in [0.2, 0.25) is 0 Å². The van der Waals surface area contributed by atoms with Gasteiger partial charge in [0, 0.05) is 31.2 Å². The molecule has 0 spiro atoms. The number of carbonyl (C=O) groups is 3. The Kier molecular flexibility index (Phi) is 8.88. The highest BCUT2D eigenvalue weighted by molar-refractivity contribution is 6.04. The van der Waals surface area contributed by atoms with Crippen molar-refractivity contribution in [2.45, 2.75) is 101 Å². The molecule has 4 aliphatic rings. The van der Waals surface area contributed by atoms with E-state index in [1.807, 2.05) is 6.92 Å². The van der Waals surface area contributed by atoms with E-state index in [0.29, 0.717) is 48.0 Å². The normalized spacial score (nSPS) is 24.0. The molecule has 0 unspecified atom stereocenters. The van der Waals surface area contributed by atoms with Gasteiger partial charge in [0.05, 0.1) is 19.0 Å². The molecule has 0 radical (unpaired) electrons. The summed E-state index contributed by atoms with van der Waals surface area (Å²) < 4.78 is 11.3. The van der Waals surface area contributed by atoms with Crippen LogP contribution in [-0.4, -0.2) is 78.7 Å². The highest BCUT2D eigenvalue weighted by Gasteiger charge is 2.41. The van der Waals surface area contributed by atoms with Crippen LogP contribution in [-0.2, 0) is 14.3 Å². The molecule has 3 atom stereocenters. The number of likely N-dealkylation sites (N-methyl/N-ethyl adjacent to an activating group) is 1. The molecule has 3 N–H and O–H groups in total. The van der Waals surface area contributed by atoms with Gasteiger partial charge in [0.1, 0.15) is 29.6 Å². The predicted octanol–water partition coefficient (Wildman–Crippen LogP) is 3.68. The summed E-state index contributed by atoms with van der Waals surface area (Å²) in [5.41, 5.74) is 1.75. The number of ether oxygens (including phenoxy) is 2. The Hall–Kier alpha value is -3.93. The lowest BCUT2D eigenvalue weighted by molar-refractivity contribution is -0.150. The van der Waals surface area contributed by atoms with Gasteiger partial charge >= 0.3 is 5.97 Å². The molecular formula is C32H43N7O5. The summed E-state index contributed by atoms with van der Waals surface area (Å²) in [6, 6.07) is 4.59. The van der Waals surface area contributed by atoms with Crippen LogP contribution in [0.1, 0.15) is 81.5 Å². The summed E-state index contributed by atoms with van der Waals surface area (Å²) in [5, 5.41) is 9.48. The lowest BCUT2D eigenvalue weighted by Crippen LogP contribution is -2.55. The van der Waals surface area contributed by atoms with Gasteiger partial charge in [-0.05, 0) is 69.6 Å². The van der Waals surface area contributed by atoms with E-state index in [2.05, 4.69) is 25.8 Å². The van der Waals surface area contributed by atoms with Crippen LogP contribution >= 0.6 is 0 Å². The Labute approximate surface area is 258 Å². The van der Waals surface area contributed by atoms with Crippen molar-refractivity contribution in [1.29, 1.82) is 0 Å². The molecule has 2 aliphatic carbocycles. The van der Waals surface area contributed by atoms with E-state index >= 15 is 0 Å².